The fraction of sp³-hybridized carbons (Fsp3) is 0.286. The highest BCUT2D eigenvalue weighted by Crippen LogP contribution is 2.13. The maximum absolute atomic E-state index is 12.7. The van der Waals surface area contributed by atoms with Gasteiger partial charge >= 0.3 is 0 Å². The standard InChI is InChI=1S/C26H27N3O9.C9H11NO4/c30-18-10-14-37-22(20(18)32)25(35)27-12-4-8-17(29-24(34)16-6-2-1-3-7-16)9-5-13-28-26(36)23-21(33)19(31)11-15-38-23;1-2-4-10-9(13)8-7(12)6(11)3-5-14-8/h1-3,6-7,10-11,14-15,17,32-33H,4-5,8-9,12-13H2,(H,27,35)(H,28,36)(H,29,34);3,5,12H,2,4H2,1H3,(H,10,13). The molecule has 17 nitrogen and oxygen atoms in total. The molecule has 0 spiro atoms. The SMILES string of the molecule is CCCNC(=O)c1occc(=O)c1O.O=C(NC(CCCNC(=O)c1occc(=O)c1O)CCCNC(=O)c1occc(=O)c1O)c1ccccc1. The van der Waals surface area contributed by atoms with E-state index in [0.717, 1.165) is 43.4 Å². The summed E-state index contributed by atoms with van der Waals surface area (Å²) >= 11 is 0. The number of aromatic hydroxyl groups is 3. The molecule has 0 saturated heterocycles. The molecule has 0 radical (unpaired) electrons. The molecule has 7 N–H and O–H groups in total. The van der Waals surface area contributed by atoms with Crippen molar-refractivity contribution in [2.45, 2.75) is 45.1 Å². The molecule has 4 aromatic rings. The second kappa shape index (κ2) is 20.1. The van der Waals surface area contributed by atoms with Crippen LogP contribution in [0.4, 0.5) is 0 Å². The van der Waals surface area contributed by atoms with E-state index in [1.807, 2.05) is 6.92 Å². The lowest BCUT2D eigenvalue weighted by Gasteiger charge is -2.19. The van der Waals surface area contributed by atoms with Crippen LogP contribution in [0, 0.1) is 0 Å². The summed E-state index contributed by atoms with van der Waals surface area (Å²) in [5.74, 6) is -5.87. The van der Waals surface area contributed by atoms with Gasteiger partial charge in [0.25, 0.3) is 23.6 Å². The number of rotatable bonds is 15. The van der Waals surface area contributed by atoms with Gasteiger partial charge in [0.05, 0.1) is 18.8 Å². The second-order valence-electron chi connectivity index (χ2n) is 11.0. The van der Waals surface area contributed by atoms with Crippen molar-refractivity contribution in [2.75, 3.05) is 19.6 Å². The van der Waals surface area contributed by atoms with Crippen molar-refractivity contribution in [3.05, 3.63) is 121 Å². The zero-order chi connectivity index (χ0) is 38.0. The van der Waals surface area contributed by atoms with Crippen LogP contribution in [0.15, 0.2) is 95.0 Å². The molecule has 3 aromatic heterocycles. The molecule has 0 fully saturated rings. The van der Waals surface area contributed by atoms with Crippen LogP contribution in [-0.2, 0) is 0 Å². The number of carbonyl (C=O) groups excluding carboxylic acids is 4. The summed E-state index contributed by atoms with van der Waals surface area (Å²) in [7, 11) is 0. The fourth-order valence-corrected chi connectivity index (χ4v) is 4.44. The lowest BCUT2D eigenvalue weighted by Crippen LogP contribution is -2.36. The number of amides is 4. The van der Waals surface area contributed by atoms with Gasteiger partial charge in [0.1, 0.15) is 0 Å². The summed E-state index contributed by atoms with van der Waals surface area (Å²) in [5.41, 5.74) is -1.62. The molecule has 4 rings (SSSR count). The Morgan fingerprint density at radius 2 is 0.962 bits per heavy atom. The first-order valence-electron chi connectivity index (χ1n) is 16.1. The molecule has 276 valence electrons. The van der Waals surface area contributed by atoms with E-state index in [2.05, 4.69) is 21.3 Å². The third kappa shape index (κ3) is 11.7. The van der Waals surface area contributed by atoms with Crippen molar-refractivity contribution in [2.24, 2.45) is 0 Å². The van der Waals surface area contributed by atoms with Gasteiger partial charge in [-0.25, -0.2) is 0 Å². The molecule has 4 amide bonds. The lowest BCUT2D eigenvalue weighted by atomic mass is 10.0. The second-order valence-corrected chi connectivity index (χ2v) is 11.0. The maximum Gasteiger partial charge on any atom is 0.291 e. The average molecular weight is 723 g/mol. The van der Waals surface area contributed by atoms with Crippen LogP contribution >= 0.6 is 0 Å². The van der Waals surface area contributed by atoms with E-state index in [1.54, 1.807) is 30.3 Å². The van der Waals surface area contributed by atoms with E-state index >= 15 is 0 Å². The van der Waals surface area contributed by atoms with Crippen molar-refractivity contribution in [3.8, 4) is 17.2 Å². The first-order valence-corrected chi connectivity index (χ1v) is 16.1. The van der Waals surface area contributed by atoms with Gasteiger partial charge in [-0.1, -0.05) is 25.1 Å². The van der Waals surface area contributed by atoms with Gasteiger partial charge in [-0.2, -0.15) is 0 Å². The molecule has 0 atom stereocenters. The number of hydrogen-bond acceptors (Lipinski definition) is 13. The quantitative estimate of drug-likeness (QED) is 0.0867. The Bertz CT molecular complexity index is 1920. The third-order valence-electron chi connectivity index (χ3n) is 7.12. The minimum absolute atomic E-state index is 0.178. The number of hydrogen-bond donors (Lipinski definition) is 7. The Morgan fingerprint density at radius 1 is 0.577 bits per heavy atom. The average Bonchev–Trinajstić information content (AvgIpc) is 3.14. The molecule has 0 aliphatic carbocycles. The molecule has 17 heteroatoms. The van der Waals surface area contributed by atoms with Crippen LogP contribution in [0.25, 0.3) is 0 Å². The Labute approximate surface area is 295 Å². The van der Waals surface area contributed by atoms with E-state index in [1.165, 1.54) is 0 Å². The third-order valence-corrected chi connectivity index (χ3v) is 7.12. The van der Waals surface area contributed by atoms with Gasteiger partial charge in [-0.3, -0.25) is 33.6 Å². The predicted molar refractivity (Wildman–Crippen MR) is 183 cm³/mol. The van der Waals surface area contributed by atoms with Crippen molar-refractivity contribution < 1.29 is 47.7 Å². The van der Waals surface area contributed by atoms with Crippen LogP contribution in [-0.4, -0.2) is 64.6 Å². The van der Waals surface area contributed by atoms with Gasteiger partial charge < -0.3 is 49.8 Å². The van der Waals surface area contributed by atoms with Gasteiger partial charge in [-0.05, 0) is 44.2 Å². The van der Waals surface area contributed by atoms with E-state index in [0.29, 0.717) is 37.8 Å². The molecule has 0 saturated carbocycles. The zero-order valence-corrected chi connectivity index (χ0v) is 28.0. The van der Waals surface area contributed by atoms with E-state index in [-0.39, 0.29) is 30.8 Å². The summed E-state index contributed by atoms with van der Waals surface area (Å²) < 4.78 is 14.6. The van der Waals surface area contributed by atoms with Crippen molar-refractivity contribution in [1.82, 2.24) is 21.3 Å². The number of nitrogens with one attached hydrogen (secondary N) is 4. The minimum Gasteiger partial charge on any atom is -0.501 e. The minimum atomic E-state index is -0.775. The van der Waals surface area contributed by atoms with Gasteiger partial charge in [0, 0.05) is 49.4 Å². The number of benzene rings is 1. The topological polar surface area (TPSA) is 268 Å². The van der Waals surface area contributed by atoms with Crippen molar-refractivity contribution in [1.29, 1.82) is 0 Å². The smallest absolute Gasteiger partial charge is 0.291 e. The van der Waals surface area contributed by atoms with E-state index in [4.69, 9.17) is 13.3 Å². The molecule has 52 heavy (non-hydrogen) atoms. The first kappa shape index (κ1) is 39.8. The molecule has 0 aliphatic heterocycles. The number of carbonyl (C=O) groups is 4. The summed E-state index contributed by atoms with van der Waals surface area (Å²) in [6, 6.07) is 11.3. The molecule has 0 unspecified atom stereocenters. The molecule has 3 heterocycles. The molecular formula is C35H38N4O13. The predicted octanol–water partition coefficient (Wildman–Crippen LogP) is 2.01. The van der Waals surface area contributed by atoms with Gasteiger partial charge in [-0.15, -0.1) is 0 Å². The van der Waals surface area contributed by atoms with E-state index in [9.17, 15) is 48.9 Å². The molecule has 0 aliphatic rings. The Kier molecular flexibility index (Phi) is 15.4. The van der Waals surface area contributed by atoms with Crippen LogP contribution in [0.5, 0.6) is 17.2 Å². The van der Waals surface area contributed by atoms with E-state index < -0.39 is 62.8 Å². The Hall–Kier alpha value is -6.65. The Balaban J connectivity index is 0.000000435. The highest BCUT2D eigenvalue weighted by molar-refractivity contribution is 5.95. The van der Waals surface area contributed by atoms with Gasteiger partial charge in [0.2, 0.25) is 50.8 Å². The van der Waals surface area contributed by atoms with Crippen LogP contribution in [0.3, 0.4) is 0 Å². The molecular weight excluding hydrogens is 684 g/mol. The fourth-order valence-electron chi connectivity index (χ4n) is 4.44. The normalized spacial score (nSPS) is 10.4. The molecule has 1 aromatic carbocycles. The van der Waals surface area contributed by atoms with Gasteiger partial charge in [0.15, 0.2) is 0 Å². The first-order chi connectivity index (χ1) is 24.9. The summed E-state index contributed by atoms with van der Waals surface area (Å²) in [6.07, 6.45) is 5.68. The Morgan fingerprint density at radius 3 is 1.35 bits per heavy atom. The van der Waals surface area contributed by atoms with Crippen molar-refractivity contribution >= 4 is 23.6 Å². The largest absolute Gasteiger partial charge is 0.501 e. The van der Waals surface area contributed by atoms with Crippen LogP contribution in [0.1, 0.15) is 81.1 Å². The monoisotopic (exact) mass is 722 g/mol. The maximum atomic E-state index is 12.7. The zero-order valence-electron chi connectivity index (χ0n) is 28.0. The van der Waals surface area contributed by atoms with Crippen molar-refractivity contribution in [3.63, 3.8) is 0 Å². The summed E-state index contributed by atoms with van der Waals surface area (Å²) in [4.78, 5) is 82.2. The summed E-state index contributed by atoms with van der Waals surface area (Å²) in [5, 5.41) is 39.1. The van der Waals surface area contributed by atoms with Crippen LogP contribution < -0.4 is 37.6 Å². The highest BCUT2D eigenvalue weighted by atomic mass is 16.4. The summed E-state index contributed by atoms with van der Waals surface area (Å²) in [6.45, 7) is 2.72. The lowest BCUT2D eigenvalue weighted by molar-refractivity contribution is 0.0904. The highest BCUT2D eigenvalue weighted by Gasteiger charge is 2.19. The molecule has 0 bridgehead atoms. The van der Waals surface area contributed by atoms with Crippen LogP contribution in [0.2, 0.25) is 0 Å².